The molecule has 4 N–H and O–H groups in total. The van der Waals surface area contributed by atoms with Crippen molar-refractivity contribution in [3.63, 3.8) is 0 Å². The lowest BCUT2D eigenvalue weighted by Crippen LogP contribution is -2.37. The molecule has 0 bridgehead atoms. The van der Waals surface area contributed by atoms with Gasteiger partial charge in [-0.2, -0.15) is 0 Å². The number of aliphatic hydroxyl groups is 1. The van der Waals surface area contributed by atoms with E-state index in [0.29, 0.717) is 42.2 Å². The minimum atomic E-state index is -0.259. The number of nitrogens with zero attached hydrogens (tertiary/aromatic N) is 2. The molecule has 210 valence electrons. The van der Waals surface area contributed by atoms with Gasteiger partial charge in [0.05, 0.1) is 23.4 Å². The van der Waals surface area contributed by atoms with E-state index in [-0.39, 0.29) is 30.6 Å². The van der Waals surface area contributed by atoms with Gasteiger partial charge in [-0.3, -0.25) is 4.79 Å². The molecule has 10 heteroatoms. The molecule has 1 aromatic heterocycles. The van der Waals surface area contributed by atoms with Crippen LogP contribution in [0.4, 0.5) is 4.79 Å². The van der Waals surface area contributed by atoms with E-state index in [1.807, 2.05) is 55.9 Å². The van der Waals surface area contributed by atoms with Crippen molar-refractivity contribution in [2.24, 2.45) is 7.05 Å². The summed E-state index contributed by atoms with van der Waals surface area (Å²) in [5.41, 5.74) is 3.20. The maximum atomic E-state index is 12.9. The van der Waals surface area contributed by atoms with Crippen molar-refractivity contribution in [3.8, 4) is 17.0 Å². The van der Waals surface area contributed by atoms with Crippen LogP contribution in [0.1, 0.15) is 60.9 Å². The van der Waals surface area contributed by atoms with Crippen LogP contribution in [0.2, 0.25) is 5.02 Å². The minimum absolute atomic E-state index is 0.0486. The Labute approximate surface area is 234 Å². The highest BCUT2D eigenvalue weighted by Crippen LogP contribution is 2.26. The van der Waals surface area contributed by atoms with Gasteiger partial charge in [0.2, 0.25) is 0 Å². The van der Waals surface area contributed by atoms with Gasteiger partial charge in [0.15, 0.2) is 0 Å². The van der Waals surface area contributed by atoms with Crippen molar-refractivity contribution in [1.82, 2.24) is 25.5 Å². The summed E-state index contributed by atoms with van der Waals surface area (Å²) in [6, 6.07) is 12.2. The molecule has 3 aromatic rings. The first-order chi connectivity index (χ1) is 18.8. The third kappa shape index (κ3) is 8.21. The number of benzene rings is 2. The molecule has 2 atom stereocenters. The van der Waals surface area contributed by atoms with Crippen molar-refractivity contribution in [2.75, 3.05) is 20.3 Å². The number of hydrogen-bond donors (Lipinski definition) is 4. The normalized spacial score (nSPS) is 12.5. The quantitative estimate of drug-likeness (QED) is 0.245. The second-order valence-corrected chi connectivity index (χ2v) is 9.76. The molecular formula is C29H38ClN5O4. The van der Waals surface area contributed by atoms with Crippen LogP contribution in [0.5, 0.6) is 5.75 Å². The van der Waals surface area contributed by atoms with Crippen molar-refractivity contribution in [1.29, 1.82) is 0 Å². The molecule has 9 nitrogen and oxygen atoms in total. The fraction of sp³-hybridized carbons (Fsp3) is 0.414. The molecule has 39 heavy (non-hydrogen) atoms. The SMILES string of the molecule is CCCOc1ccc(C(=O)N[C@H](CCO)Cc2ccc(-c3cn(C)c([C@@H](CC)NC(=O)NC)n3)cc2)cc1Cl. The number of carbonyl (C=O) groups excluding carboxylic acids is 2. The average molecular weight is 556 g/mol. The van der Waals surface area contributed by atoms with Gasteiger partial charge in [0.1, 0.15) is 11.6 Å². The van der Waals surface area contributed by atoms with E-state index >= 15 is 0 Å². The average Bonchev–Trinajstić information content (AvgIpc) is 3.32. The Balaban J connectivity index is 1.68. The Bertz CT molecular complexity index is 1240. The van der Waals surface area contributed by atoms with Crippen LogP contribution in [0.3, 0.4) is 0 Å². The fourth-order valence-corrected chi connectivity index (χ4v) is 4.48. The van der Waals surface area contributed by atoms with Crippen molar-refractivity contribution in [2.45, 2.75) is 51.6 Å². The maximum absolute atomic E-state index is 12.9. The number of carbonyl (C=O) groups is 2. The molecule has 0 fully saturated rings. The van der Waals surface area contributed by atoms with Gasteiger partial charge in [-0.1, -0.05) is 49.7 Å². The van der Waals surface area contributed by atoms with E-state index in [4.69, 9.17) is 21.3 Å². The van der Waals surface area contributed by atoms with E-state index < -0.39 is 0 Å². The molecule has 3 rings (SSSR count). The van der Waals surface area contributed by atoms with Gasteiger partial charge in [-0.15, -0.1) is 0 Å². The lowest BCUT2D eigenvalue weighted by atomic mass is 10.0. The summed E-state index contributed by atoms with van der Waals surface area (Å²) in [6.45, 7) is 4.51. The molecule has 0 saturated carbocycles. The summed E-state index contributed by atoms with van der Waals surface area (Å²) in [5, 5.41) is 18.5. The van der Waals surface area contributed by atoms with Crippen LogP contribution in [-0.4, -0.2) is 52.9 Å². The molecule has 0 aliphatic heterocycles. The molecule has 0 unspecified atom stereocenters. The van der Waals surface area contributed by atoms with Crippen LogP contribution < -0.4 is 20.7 Å². The number of aromatic nitrogens is 2. The molecule has 3 amide bonds. The predicted octanol–water partition coefficient (Wildman–Crippen LogP) is 4.63. The largest absolute Gasteiger partial charge is 0.492 e. The summed E-state index contributed by atoms with van der Waals surface area (Å²) >= 11 is 6.29. The third-order valence-corrected chi connectivity index (χ3v) is 6.66. The van der Waals surface area contributed by atoms with Crippen LogP contribution in [0.15, 0.2) is 48.7 Å². The van der Waals surface area contributed by atoms with Gasteiger partial charge in [0.25, 0.3) is 5.91 Å². The van der Waals surface area contributed by atoms with Crippen LogP contribution in [-0.2, 0) is 13.5 Å². The predicted molar refractivity (Wildman–Crippen MR) is 153 cm³/mol. The van der Waals surface area contributed by atoms with E-state index in [9.17, 15) is 14.7 Å². The Morgan fingerprint density at radius 3 is 2.49 bits per heavy atom. The topological polar surface area (TPSA) is 118 Å². The zero-order valence-corrected chi connectivity index (χ0v) is 23.7. The van der Waals surface area contributed by atoms with Crippen LogP contribution in [0, 0.1) is 0 Å². The van der Waals surface area contributed by atoms with E-state index in [1.54, 1.807) is 25.2 Å². The van der Waals surface area contributed by atoms with Gasteiger partial charge < -0.3 is 30.4 Å². The summed E-state index contributed by atoms with van der Waals surface area (Å²) in [4.78, 5) is 29.5. The summed E-state index contributed by atoms with van der Waals surface area (Å²) in [6.07, 6.45) is 4.48. The molecule has 0 spiro atoms. The monoisotopic (exact) mass is 555 g/mol. The molecular weight excluding hydrogens is 518 g/mol. The highest BCUT2D eigenvalue weighted by Gasteiger charge is 2.19. The molecule has 0 saturated heterocycles. The zero-order chi connectivity index (χ0) is 28.4. The van der Waals surface area contributed by atoms with Crippen molar-refractivity contribution >= 4 is 23.5 Å². The van der Waals surface area contributed by atoms with Gasteiger partial charge in [-0.25, -0.2) is 9.78 Å². The number of urea groups is 1. The fourth-order valence-electron chi connectivity index (χ4n) is 4.24. The molecule has 0 aliphatic carbocycles. The number of aryl methyl sites for hydroxylation is 1. The highest BCUT2D eigenvalue weighted by molar-refractivity contribution is 6.32. The Morgan fingerprint density at radius 2 is 1.87 bits per heavy atom. The summed E-state index contributed by atoms with van der Waals surface area (Å²) < 4.78 is 7.51. The number of halogens is 1. The molecule has 0 aliphatic rings. The summed E-state index contributed by atoms with van der Waals surface area (Å²) in [7, 11) is 3.50. The zero-order valence-electron chi connectivity index (χ0n) is 23.0. The summed E-state index contributed by atoms with van der Waals surface area (Å²) in [5.74, 6) is 1.07. The number of nitrogens with one attached hydrogen (secondary N) is 3. The number of hydrogen-bond acceptors (Lipinski definition) is 5. The lowest BCUT2D eigenvalue weighted by Gasteiger charge is -2.18. The standard InChI is InChI=1S/C29H38ClN5O4/c1-5-15-39-26-12-11-21(17-23(26)30)28(37)32-22(13-14-36)16-19-7-9-20(10-8-19)25-18-35(4)27(33-25)24(6-2)34-29(38)31-3/h7-12,17-18,22,24,36H,5-6,13-16H2,1-4H3,(H,32,37)(H2,31,34,38)/t22-,24-/m1/s1. The first-order valence-electron chi connectivity index (χ1n) is 13.2. The Kier molecular flexibility index (Phi) is 11.2. The van der Waals surface area contributed by atoms with E-state index in [2.05, 4.69) is 16.0 Å². The maximum Gasteiger partial charge on any atom is 0.315 e. The molecule has 2 aromatic carbocycles. The minimum Gasteiger partial charge on any atom is -0.492 e. The first kappa shape index (κ1) is 30.0. The smallest absolute Gasteiger partial charge is 0.315 e. The van der Waals surface area contributed by atoms with Gasteiger partial charge in [-0.05, 0) is 49.4 Å². The van der Waals surface area contributed by atoms with Gasteiger partial charge >= 0.3 is 6.03 Å². The van der Waals surface area contributed by atoms with E-state index in [1.165, 1.54) is 0 Å². The van der Waals surface area contributed by atoms with E-state index in [0.717, 1.165) is 29.1 Å². The number of amides is 3. The molecule has 0 radical (unpaired) electrons. The lowest BCUT2D eigenvalue weighted by molar-refractivity contribution is 0.0930. The van der Waals surface area contributed by atoms with Crippen LogP contribution in [0.25, 0.3) is 11.3 Å². The number of imidazole rings is 1. The number of rotatable bonds is 13. The third-order valence-electron chi connectivity index (χ3n) is 6.36. The number of aliphatic hydroxyl groups excluding tert-OH is 1. The Morgan fingerprint density at radius 1 is 1.13 bits per heavy atom. The number of ether oxygens (including phenoxy) is 1. The molecule has 1 heterocycles. The van der Waals surface area contributed by atoms with Crippen molar-refractivity contribution in [3.05, 3.63) is 70.6 Å². The van der Waals surface area contributed by atoms with Gasteiger partial charge in [0, 0.05) is 44.1 Å². The van der Waals surface area contributed by atoms with Crippen molar-refractivity contribution < 1.29 is 19.4 Å². The second-order valence-electron chi connectivity index (χ2n) is 9.36. The first-order valence-corrected chi connectivity index (χ1v) is 13.6. The second kappa shape index (κ2) is 14.6. The van der Waals surface area contributed by atoms with Crippen LogP contribution >= 0.6 is 11.6 Å². The highest BCUT2D eigenvalue weighted by atomic mass is 35.5. The Hall–Kier alpha value is -3.56.